The van der Waals surface area contributed by atoms with E-state index < -0.39 is 0 Å². The monoisotopic (exact) mass is 225 g/mol. The summed E-state index contributed by atoms with van der Waals surface area (Å²) < 4.78 is 0. The Kier molecular flexibility index (Phi) is 4.22. The van der Waals surface area contributed by atoms with Gasteiger partial charge in [-0.25, -0.2) is 0 Å². The summed E-state index contributed by atoms with van der Waals surface area (Å²) in [5.41, 5.74) is 0. The van der Waals surface area contributed by atoms with Gasteiger partial charge in [0, 0.05) is 32.0 Å². The molecule has 1 aliphatic carbocycles. The summed E-state index contributed by atoms with van der Waals surface area (Å²) in [7, 11) is 0. The second-order valence-electron chi connectivity index (χ2n) is 5.41. The molecule has 1 saturated carbocycles. The lowest BCUT2D eigenvalue weighted by Crippen LogP contribution is -2.51. The van der Waals surface area contributed by atoms with Crippen LogP contribution < -0.4 is 0 Å². The second-order valence-corrected chi connectivity index (χ2v) is 5.41. The SMILES string of the molecule is O=C(CC1CCCCCC1)N1CC(CO)C1. The molecular weight excluding hydrogens is 202 g/mol. The first-order valence-corrected chi connectivity index (χ1v) is 6.68. The van der Waals surface area contributed by atoms with Crippen LogP contribution in [0.4, 0.5) is 0 Å². The van der Waals surface area contributed by atoms with Crippen LogP contribution >= 0.6 is 0 Å². The number of aliphatic hydroxyl groups is 1. The van der Waals surface area contributed by atoms with Gasteiger partial charge in [-0.2, -0.15) is 0 Å². The van der Waals surface area contributed by atoms with Crippen LogP contribution in [0.1, 0.15) is 44.9 Å². The van der Waals surface area contributed by atoms with Crippen LogP contribution in [-0.2, 0) is 4.79 Å². The van der Waals surface area contributed by atoms with Crippen molar-refractivity contribution in [3.05, 3.63) is 0 Å². The molecule has 0 aromatic rings. The van der Waals surface area contributed by atoms with Crippen molar-refractivity contribution >= 4 is 5.91 Å². The van der Waals surface area contributed by atoms with E-state index in [1.807, 2.05) is 4.90 Å². The lowest BCUT2D eigenvalue weighted by Gasteiger charge is -2.39. The fourth-order valence-electron chi connectivity index (χ4n) is 2.83. The molecule has 0 spiro atoms. The van der Waals surface area contributed by atoms with Crippen molar-refractivity contribution in [1.82, 2.24) is 4.90 Å². The standard InChI is InChI=1S/C13H23NO2/c15-10-12-8-14(9-12)13(16)7-11-5-3-1-2-4-6-11/h11-12,15H,1-10H2. The highest BCUT2D eigenvalue weighted by Gasteiger charge is 2.30. The normalized spacial score (nSPS) is 23.9. The molecule has 2 rings (SSSR count). The number of hydrogen-bond donors (Lipinski definition) is 1. The van der Waals surface area contributed by atoms with Gasteiger partial charge in [0.05, 0.1) is 0 Å². The average Bonchev–Trinajstić information content (AvgIpc) is 2.44. The van der Waals surface area contributed by atoms with Crippen LogP contribution in [-0.4, -0.2) is 35.6 Å². The zero-order chi connectivity index (χ0) is 11.4. The highest BCUT2D eigenvalue weighted by molar-refractivity contribution is 5.77. The molecule has 2 aliphatic rings. The largest absolute Gasteiger partial charge is 0.396 e. The van der Waals surface area contributed by atoms with Gasteiger partial charge >= 0.3 is 0 Å². The number of carbonyl (C=O) groups excluding carboxylic acids is 1. The molecule has 3 heteroatoms. The van der Waals surface area contributed by atoms with Gasteiger partial charge in [0.15, 0.2) is 0 Å². The summed E-state index contributed by atoms with van der Waals surface area (Å²) in [6, 6.07) is 0. The molecule has 1 heterocycles. The molecule has 0 aromatic heterocycles. The Morgan fingerprint density at radius 1 is 1.06 bits per heavy atom. The van der Waals surface area contributed by atoms with Crippen LogP contribution in [0.2, 0.25) is 0 Å². The highest BCUT2D eigenvalue weighted by atomic mass is 16.3. The Hall–Kier alpha value is -0.570. The van der Waals surface area contributed by atoms with Gasteiger partial charge in [0.1, 0.15) is 0 Å². The minimum Gasteiger partial charge on any atom is -0.396 e. The molecule has 3 nitrogen and oxygen atoms in total. The van der Waals surface area contributed by atoms with Gasteiger partial charge in [0.2, 0.25) is 5.91 Å². The van der Waals surface area contributed by atoms with E-state index in [0.717, 1.165) is 19.5 Å². The van der Waals surface area contributed by atoms with Crippen molar-refractivity contribution in [1.29, 1.82) is 0 Å². The third-order valence-electron chi connectivity index (χ3n) is 4.01. The van der Waals surface area contributed by atoms with E-state index >= 15 is 0 Å². The van der Waals surface area contributed by atoms with E-state index in [9.17, 15) is 4.79 Å². The number of hydrogen-bond acceptors (Lipinski definition) is 2. The molecule has 1 saturated heterocycles. The van der Waals surface area contributed by atoms with Crippen molar-refractivity contribution in [3.63, 3.8) is 0 Å². The predicted octanol–water partition coefficient (Wildman–Crippen LogP) is 1.80. The van der Waals surface area contributed by atoms with E-state index in [1.54, 1.807) is 0 Å². The molecule has 16 heavy (non-hydrogen) atoms. The maximum atomic E-state index is 11.9. The Bertz CT molecular complexity index is 228. The Balaban J connectivity index is 1.70. The van der Waals surface area contributed by atoms with Crippen molar-refractivity contribution in [2.45, 2.75) is 44.9 Å². The van der Waals surface area contributed by atoms with Crippen molar-refractivity contribution < 1.29 is 9.90 Å². The highest BCUT2D eigenvalue weighted by Crippen LogP contribution is 2.27. The van der Waals surface area contributed by atoms with Gasteiger partial charge in [-0.15, -0.1) is 0 Å². The number of amides is 1. The van der Waals surface area contributed by atoms with Gasteiger partial charge in [-0.3, -0.25) is 4.79 Å². The molecule has 1 N–H and O–H groups in total. The number of likely N-dealkylation sites (tertiary alicyclic amines) is 1. The van der Waals surface area contributed by atoms with E-state index in [0.29, 0.717) is 17.7 Å². The Morgan fingerprint density at radius 3 is 2.25 bits per heavy atom. The minimum atomic E-state index is 0.229. The van der Waals surface area contributed by atoms with Gasteiger partial charge in [-0.05, 0) is 18.8 Å². The molecule has 0 atom stereocenters. The topological polar surface area (TPSA) is 40.5 Å². The maximum absolute atomic E-state index is 11.9. The summed E-state index contributed by atoms with van der Waals surface area (Å²) >= 11 is 0. The lowest BCUT2D eigenvalue weighted by molar-refractivity contribution is -0.139. The summed E-state index contributed by atoms with van der Waals surface area (Å²) in [4.78, 5) is 13.8. The fourth-order valence-corrected chi connectivity index (χ4v) is 2.83. The Labute approximate surface area is 97.8 Å². The third-order valence-corrected chi connectivity index (χ3v) is 4.01. The maximum Gasteiger partial charge on any atom is 0.222 e. The first kappa shape index (κ1) is 11.9. The molecule has 0 radical (unpaired) electrons. The molecule has 0 aromatic carbocycles. The zero-order valence-electron chi connectivity index (χ0n) is 10.0. The molecule has 1 aliphatic heterocycles. The molecular formula is C13H23NO2. The molecule has 1 amide bonds. The second kappa shape index (κ2) is 5.67. The summed E-state index contributed by atoms with van der Waals surface area (Å²) in [6.07, 6.45) is 8.53. The van der Waals surface area contributed by atoms with E-state index in [4.69, 9.17) is 5.11 Å². The van der Waals surface area contributed by atoms with E-state index in [2.05, 4.69) is 0 Å². The average molecular weight is 225 g/mol. The van der Waals surface area contributed by atoms with Gasteiger partial charge in [-0.1, -0.05) is 25.7 Å². The van der Waals surface area contributed by atoms with Gasteiger partial charge in [0.25, 0.3) is 0 Å². The van der Waals surface area contributed by atoms with Gasteiger partial charge < -0.3 is 10.0 Å². The molecule has 0 bridgehead atoms. The third kappa shape index (κ3) is 2.97. The quantitative estimate of drug-likeness (QED) is 0.744. The molecule has 2 fully saturated rings. The predicted molar refractivity (Wildman–Crippen MR) is 63.0 cm³/mol. The number of rotatable bonds is 3. The van der Waals surface area contributed by atoms with E-state index in [-0.39, 0.29) is 6.61 Å². The van der Waals surface area contributed by atoms with Crippen molar-refractivity contribution in [2.75, 3.05) is 19.7 Å². The number of aliphatic hydroxyl groups excluding tert-OH is 1. The lowest BCUT2D eigenvalue weighted by atomic mass is 9.94. The molecule has 0 unspecified atom stereocenters. The molecule has 92 valence electrons. The Morgan fingerprint density at radius 2 is 1.69 bits per heavy atom. The van der Waals surface area contributed by atoms with E-state index in [1.165, 1.54) is 38.5 Å². The number of carbonyl (C=O) groups is 1. The fraction of sp³-hybridized carbons (Fsp3) is 0.923. The van der Waals surface area contributed by atoms with Crippen LogP contribution in [0.5, 0.6) is 0 Å². The van der Waals surface area contributed by atoms with Crippen molar-refractivity contribution in [3.8, 4) is 0 Å². The minimum absolute atomic E-state index is 0.229. The first-order chi connectivity index (χ1) is 7.79. The smallest absolute Gasteiger partial charge is 0.222 e. The zero-order valence-corrected chi connectivity index (χ0v) is 10.0. The number of nitrogens with zero attached hydrogens (tertiary/aromatic N) is 1. The summed E-state index contributed by atoms with van der Waals surface area (Å²) in [5, 5.41) is 8.91. The summed E-state index contributed by atoms with van der Waals surface area (Å²) in [6.45, 7) is 1.79. The van der Waals surface area contributed by atoms with Crippen molar-refractivity contribution in [2.24, 2.45) is 11.8 Å². The first-order valence-electron chi connectivity index (χ1n) is 6.68. The van der Waals surface area contributed by atoms with Crippen LogP contribution in [0.25, 0.3) is 0 Å². The van der Waals surface area contributed by atoms with Crippen LogP contribution in [0, 0.1) is 11.8 Å². The van der Waals surface area contributed by atoms with Crippen LogP contribution in [0.15, 0.2) is 0 Å². The van der Waals surface area contributed by atoms with Crippen LogP contribution in [0.3, 0.4) is 0 Å². The summed E-state index contributed by atoms with van der Waals surface area (Å²) in [5.74, 6) is 1.29.